The predicted molar refractivity (Wildman–Crippen MR) is 123 cm³/mol. The lowest BCUT2D eigenvalue weighted by molar-refractivity contribution is -0.130. The summed E-state index contributed by atoms with van der Waals surface area (Å²) in [4.78, 5) is 18.3. The lowest BCUT2D eigenvalue weighted by atomic mass is 10.1. The summed E-state index contributed by atoms with van der Waals surface area (Å²) in [5, 5.41) is 9.40. The van der Waals surface area contributed by atoms with Gasteiger partial charge in [-0.15, -0.1) is 21.5 Å². The molecule has 1 aliphatic heterocycles. The number of carbonyl (C=O) groups excluding carboxylic acids is 1. The van der Waals surface area contributed by atoms with E-state index in [-0.39, 0.29) is 5.91 Å². The molecule has 9 heteroatoms. The Labute approximate surface area is 189 Å². The van der Waals surface area contributed by atoms with Gasteiger partial charge in [-0.1, -0.05) is 47.6 Å². The van der Waals surface area contributed by atoms with Crippen molar-refractivity contribution in [1.29, 1.82) is 0 Å². The Bertz CT molecular complexity index is 1030. The molecular weight excluding hydrogens is 438 g/mol. The van der Waals surface area contributed by atoms with E-state index in [2.05, 4.69) is 34.2 Å². The maximum atomic E-state index is 12.7. The lowest BCUT2D eigenvalue weighted by Gasteiger charge is -2.34. The zero-order chi connectivity index (χ0) is 21.1. The molecule has 158 valence electrons. The molecule has 0 spiro atoms. The number of aryl methyl sites for hydroxylation is 1. The first kappa shape index (κ1) is 21.4. The fourth-order valence-electron chi connectivity index (χ4n) is 3.53. The van der Waals surface area contributed by atoms with Crippen molar-refractivity contribution in [2.45, 2.75) is 18.6 Å². The second-order valence-corrected chi connectivity index (χ2v) is 10.1. The number of halogens is 1. The highest BCUT2D eigenvalue weighted by molar-refractivity contribution is 7.99. The zero-order valence-electron chi connectivity index (χ0n) is 17.0. The standard InChI is InChI=1S/C21H24ClN5OS2/c1-15-5-3-4-6-17(15)20-23-24-21(25(20)2)29-14-19(28)27-11-9-26(10-12-27)13-16-7-8-18(22)30-16/h3-8H,9-14H2,1-2H3. The minimum absolute atomic E-state index is 0.152. The molecule has 1 aromatic carbocycles. The molecule has 0 atom stereocenters. The highest BCUT2D eigenvalue weighted by Gasteiger charge is 2.22. The van der Waals surface area contributed by atoms with Crippen LogP contribution in [0.2, 0.25) is 4.34 Å². The number of rotatable bonds is 6. The lowest BCUT2D eigenvalue weighted by Crippen LogP contribution is -2.48. The van der Waals surface area contributed by atoms with Crippen LogP contribution in [0.15, 0.2) is 41.6 Å². The predicted octanol–water partition coefficient (Wildman–Crippen LogP) is 3.94. The van der Waals surface area contributed by atoms with Crippen molar-refractivity contribution in [2.24, 2.45) is 7.05 Å². The fourth-order valence-corrected chi connectivity index (χ4v) is 5.47. The molecule has 6 nitrogen and oxygen atoms in total. The van der Waals surface area contributed by atoms with E-state index in [9.17, 15) is 4.79 Å². The molecule has 1 saturated heterocycles. The van der Waals surface area contributed by atoms with Crippen molar-refractivity contribution in [2.75, 3.05) is 31.9 Å². The summed E-state index contributed by atoms with van der Waals surface area (Å²) in [7, 11) is 1.95. The summed E-state index contributed by atoms with van der Waals surface area (Å²) in [5.74, 6) is 1.35. The third-order valence-corrected chi connectivity index (χ3v) is 7.50. The van der Waals surface area contributed by atoms with Gasteiger partial charge in [0.2, 0.25) is 5.91 Å². The largest absolute Gasteiger partial charge is 0.339 e. The van der Waals surface area contributed by atoms with E-state index in [0.717, 1.165) is 59.2 Å². The monoisotopic (exact) mass is 461 g/mol. The SMILES string of the molecule is Cc1ccccc1-c1nnc(SCC(=O)N2CCN(Cc3ccc(Cl)s3)CC2)n1C. The average Bonchev–Trinajstić information content (AvgIpc) is 3.32. The summed E-state index contributed by atoms with van der Waals surface area (Å²) in [6.07, 6.45) is 0. The number of nitrogens with zero attached hydrogens (tertiary/aromatic N) is 5. The molecular formula is C21H24ClN5OS2. The Hall–Kier alpha value is -1.87. The van der Waals surface area contributed by atoms with E-state index in [4.69, 9.17) is 11.6 Å². The summed E-state index contributed by atoms with van der Waals surface area (Å²) in [5.41, 5.74) is 2.22. The van der Waals surface area contributed by atoms with Gasteiger partial charge in [-0.05, 0) is 24.6 Å². The van der Waals surface area contributed by atoms with E-state index in [1.54, 1.807) is 11.3 Å². The molecule has 0 saturated carbocycles. The Balaban J connectivity index is 1.29. The number of thiophene rings is 1. The van der Waals surface area contributed by atoms with E-state index in [1.165, 1.54) is 16.6 Å². The molecule has 1 aliphatic rings. The number of carbonyl (C=O) groups is 1. The first-order valence-electron chi connectivity index (χ1n) is 9.84. The van der Waals surface area contributed by atoms with Crippen molar-refractivity contribution in [1.82, 2.24) is 24.6 Å². The van der Waals surface area contributed by atoms with Crippen molar-refractivity contribution < 1.29 is 4.79 Å². The summed E-state index contributed by atoms with van der Waals surface area (Å²) in [6.45, 7) is 6.24. The van der Waals surface area contributed by atoms with Gasteiger partial charge in [-0.25, -0.2) is 0 Å². The molecule has 1 fully saturated rings. The van der Waals surface area contributed by atoms with E-state index in [1.807, 2.05) is 40.8 Å². The van der Waals surface area contributed by atoms with Crippen LogP contribution in [-0.2, 0) is 18.4 Å². The third-order valence-electron chi connectivity index (χ3n) is 5.28. The zero-order valence-corrected chi connectivity index (χ0v) is 19.4. The number of aromatic nitrogens is 3. The summed E-state index contributed by atoms with van der Waals surface area (Å²) in [6, 6.07) is 12.1. The molecule has 4 rings (SSSR count). The molecule has 0 N–H and O–H groups in total. The maximum Gasteiger partial charge on any atom is 0.233 e. The number of hydrogen-bond donors (Lipinski definition) is 0. The molecule has 1 amide bonds. The van der Waals surface area contributed by atoms with Gasteiger partial charge in [-0.2, -0.15) is 0 Å². The number of benzene rings is 1. The van der Waals surface area contributed by atoms with Crippen molar-refractivity contribution in [3.05, 3.63) is 51.2 Å². The Morgan fingerprint density at radius 2 is 1.90 bits per heavy atom. The van der Waals surface area contributed by atoms with E-state index >= 15 is 0 Å². The fraction of sp³-hybridized carbons (Fsp3) is 0.381. The maximum absolute atomic E-state index is 12.7. The smallest absolute Gasteiger partial charge is 0.233 e. The minimum Gasteiger partial charge on any atom is -0.339 e. The minimum atomic E-state index is 0.152. The summed E-state index contributed by atoms with van der Waals surface area (Å²) >= 11 is 9.09. The van der Waals surface area contributed by atoms with Crippen molar-refractivity contribution in [3.63, 3.8) is 0 Å². The van der Waals surface area contributed by atoms with Crippen LogP contribution in [0, 0.1) is 6.92 Å². The van der Waals surface area contributed by atoms with Gasteiger partial charge >= 0.3 is 0 Å². The van der Waals surface area contributed by atoms with Gasteiger partial charge in [-0.3, -0.25) is 9.69 Å². The number of thioether (sulfide) groups is 1. The highest BCUT2D eigenvalue weighted by Crippen LogP contribution is 2.26. The number of piperazine rings is 1. The molecule has 0 unspecified atom stereocenters. The van der Waals surface area contributed by atoms with Crippen LogP contribution in [-0.4, -0.2) is 62.4 Å². The molecule has 0 aliphatic carbocycles. The van der Waals surface area contributed by atoms with Crippen molar-refractivity contribution >= 4 is 40.6 Å². The molecule has 2 aromatic heterocycles. The van der Waals surface area contributed by atoms with Crippen LogP contribution in [0.3, 0.4) is 0 Å². The number of amides is 1. The Morgan fingerprint density at radius 1 is 1.13 bits per heavy atom. The average molecular weight is 462 g/mol. The van der Waals surface area contributed by atoms with Crippen LogP contribution >= 0.6 is 34.7 Å². The number of hydrogen-bond acceptors (Lipinski definition) is 6. The molecule has 30 heavy (non-hydrogen) atoms. The van der Waals surface area contributed by atoms with Gasteiger partial charge in [0.15, 0.2) is 11.0 Å². The van der Waals surface area contributed by atoms with Crippen LogP contribution in [0.4, 0.5) is 0 Å². The van der Waals surface area contributed by atoms with E-state index < -0.39 is 0 Å². The third kappa shape index (κ3) is 4.88. The van der Waals surface area contributed by atoms with Crippen LogP contribution in [0.1, 0.15) is 10.4 Å². The molecule has 0 radical (unpaired) electrons. The van der Waals surface area contributed by atoms with E-state index in [0.29, 0.717) is 5.75 Å². The van der Waals surface area contributed by atoms with Gasteiger partial charge in [0, 0.05) is 50.2 Å². The first-order chi connectivity index (χ1) is 14.5. The van der Waals surface area contributed by atoms with Gasteiger partial charge in [0.05, 0.1) is 10.1 Å². The van der Waals surface area contributed by atoms with Gasteiger partial charge < -0.3 is 9.47 Å². The molecule has 3 heterocycles. The Kier molecular flexibility index (Phi) is 6.77. The summed E-state index contributed by atoms with van der Waals surface area (Å²) < 4.78 is 2.79. The van der Waals surface area contributed by atoms with Crippen LogP contribution in [0.5, 0.6) is 0 Å². The van der Waals surface area contributed by atoms with Crippen molar-refractivity contribution in [3.8, 4) is 11.4 Å². The normalized spacial score (nSPS) is 15.0. The molecule has 3 aromatic rings. The van der Waals surface area contributed by atoms with Gasteiger partial charge in [0.25, 0.3) is 0 Å². The van der Waals surface area contributed by atoms with Crippen LogP contribution in [0.25, 0.3) is 11.4 Å². The second kappa shape index (κ2) is 9.51. The van der Waals surface area contributed by atoms with Gasteiger partial charge in [0.1, 0.15) is 0 Å². The topological polar surface area (TPSA) is 54.3 Å². The Morgan fingerprint density at radius 3 is 2.60 bits per heavy atom. The second-order valence-electron chi connectivity index (χ2n) is 7.33. The first-order valence-corrected chi connectivity index (χ1v) is 12.0. The highest BCUT2D eigenvalue weighted by atomic mass is 35.5. The molecule has 0 bridgehead atoms. The van der Waals surface area contributed by atoms with Crippen LogP contribution < -0.4 is 0 Å². The quantitative estimate of drug-likeness (QED) is 0.520.